The summed E-state index contributed by atoms with van der Waals surface area (Å²) in [5.74, 6) is 1.13. The van der Waals surface area contributed by atoms with Crippen molar-refractivity contribution in [1.29, 1.82) is 0 Å². The molecule has 0 radical (unpaired) electrons. The van der Waals surface area contributed by atoms with Crippen LogP contribution in [-0.4, -0.2) is 12.1 Å². The Hall–Kier alpha value is -0.680. The van der Waals surface area contributed by atoms with Crippen LogP contribution >= 0.6 is 50.7 Å². The van der Waals surface area contributed by atoms with Gasteiger partial charge < -0.3 is 10.1 Å². The monoisotopic (exact) mass is 380 g/mol. The van der Waals surface area contributed by atoms with E-state index in [4.69, 9.17) is 39.5 Å². The first-order chi connectivity index (χ1) is 8.99. The van der Waals surface area contributed by atoms with Crippen LogP contribution in [0, 0.1) is 0 Å². The van der Waals surface area contributed by atoms with E-state index in [0.717, 1.165) is 10.2 Å². The molecule has 100 valence electrons. The highest BCUT2D eigenvalue weighted by Crippen LogP contribution is 2.32. The third kappa shape index (κ3) is 3.66. The van der Waals surface area contributed by atoms with E-state index in [-0.39, 0.29) is 5.15 Å². The molecule has 0 saturated heterocycles. The number of hydrogen-bond donors (Lipinski definition) is 1. The van der Waals surface area contributed by atoms with E-state index in [1.54, 1.807) is 7.11 Å². The molecule has 0 atom stereocenters. The third-order valence-electron chi connectivity index (χ3n) is 2.26. The summed E-state index contributed by atoms with van der Waals surface area (Å²) in [6.07, 6.45) is 0. The molecule has 0 aliphatic carbocycles. The van der Waals surface area contributed by atoms with E-state index in [1.165, 1.54) is 6.07 Å². The minimum atomic E-state index is 0.190. The number of pyridine rings is 1. The Labute approximate surface area is 134 Å². The Balaban J connectivity index is 2.36. The van der Waals surface area contributed by atoms with Crippen molar-refractivity contribution in [2.45, 2.75) is 0 Å². The lowest BCUT2D eigenvalue weighted by molar-refractivity contribution is 0.415. The number of methoxy groups -OCH3 is 1. The second-order valence-corrected chi connectivity index (χ2v) is 5.68. The van der Waals surface area contributed by atoms with Crippen molar-refractivity contribution >= 4 is 62.2 Å². The zero-order valence-electron chi connectivity index (χ0n) is 9.68. The summed E-state index contributed by atoms with van der Waals surface area (Å²) >= 11 is 21.1. The van der Waals surface area contributed by atoms with Gasteiger partial charge in [0.15, 0.2) is 5.82 Å². The maximum Gasteiger partial charge on any atom is 0.151 e. The van der Waals surface area contributed by atoms with Crippen molar-refractivity contribution in [2.75, 3.05) is 12.4 Å². The van der Waals surface area contributed by atoms with Crippen molar-refractivity contribution in [2.24, 2.45) is 0 Å². The van der Waals surface area contributed by atoms with Crippen molar-refractivity contribution in [3.05, 3.63) is 43.9 Å². The van der Waals surface area contributed by atoms with Gasteiger partial charge in [0.05, 0.1) is 17.2 Å². The van der Waals surface area contributed by atoms with E-state index >= 15 is 0 Å². The van der Waals surface area contributed by atoms with Crippen LogP contribution in [0.2, 0.25) is 15.2 Å². The van der Waals surface area contributed by atoms with E-state index in [9.17, 15) is 0 Å². The molecule has 7 heteroatoms. The molecule has 0 unspecified atom stereocenters. The maximum atomic E-state index is 6.05. The van der Waals surface area contributed by atoms with E-state index < -0.39 is 0 Å². The predicted octanol–water partition coefficient (Wildman–Crippen LogP) is 5.56. The zero-order valence-corrected chi connectivity index (χ0v) is 13.5. The molecule has 0 aliphatic rings. The number of nitrogens with zero attached hydrogens (tertiary/aromatic N) is 1. The van der Waals surface area contributed by atoms with Gasteiger partial charge in [-0.15, -0.1) is 0 Å². The van der Waals surface area contributed by atoms with E-state index in [2.05, 4.69) is 26.2 Å². The van der Waals surface area contributed by atoms with Gasteiger partial charge in [-0.1, -0.05) is 50.7 Å². The second-order valence-electron chi connectivity index (χ2n) is 3.60. The highest BCUT2D eigenvalue weighted by Gasteiger charge is 2.09. The Morgan fingerprint density at radius 1 is 1.11 bits per heavy atom. The summed E-state index contributed by atoms with van der Waals surface area (Å²) in [5.41, 5.74) is 0.763. The van der Waals surface area contributed by atoms with Crippen LogP contribution in [0.3, 0.4) is 0 Å². The standard InChI is InChI=1S/C12H8BrCl3N2O/c1-19-8-3-6(13)2-7(4-8)17-12-10(15)5-9(14)11(16)18-12/h2-5H,1H3,(H,17,18). The van der Waals surface area contributed by atoms with Gasteiger partial charge in [0.2, 0.25) is 0 Å². The van der Waals surface area contributed by atoms with Gasteiger partial charge in [-0.25, -0.2) is 4.98 Å². The number of aromatic nitrogens is 1. The lowest BCUT2D eigenvalue weighted by Gasteiger charge is -2.10. The van der Waals surface area contributed by atoms with Crippen LogP contribution in [0.15, 0.2) is 28.7 Å². The largest absolute Gasteiger partial charge is 0.497 e. The molecule has 1 aromatic heterocycles. The molecule has 2 aromatic rings. The van der Waals surface area contributed by atoms with Crippen molar-refractivity contribution in [1.82, 2.24) is 4.98 Å². The predicted molar refractivity (Wildman–Crippen MR) is 83.2 cm³/mol. The van der Waals surface area contributed by atoms with Crippen molar-refractivity contribution in [3.63, 3.8) is 0 Å². The molecule has 0 spiro atoms. The highest BCUT2D eigenvalue weighted by molar-refractivity contribution is 9.10. The molecular weight excluding hydrogens is 374 g/mol. The number of nitrogens with one attached hydrogen (secondary N) is 1. The van der Waals surface area contributed by atoms with E-state index in [1.807, 2.05) is 18.2 Å². The molecular formula is C12H8BrCl3N2O. The third-order valence-corrected chi connectivity index (χ3v) is 3.68. The normalized spacial score (nSPS) is 10.4. The SMILES string of the molecule is COc1cc(Br)cc(Nc2nc(Cl)c(Cl)cc2Cl)c1. The minimum Gasteiger partial charge on any atom is -0.497 e. The first-order valence-electron chi connectivity index (χ1n) is 5.12. The Bertz CT molecular complexity index is 622. The Morgan fingerprint density at radius 3 is 2.53 bits per heavy atom. The second kappa shape index (κ2) is 6.18. The molecule has 1 heterocycles. The fraction of sp³-hybridized carbons (Fsp3) is 0.0833. The molecule has 0 amide bonds. The van der Waals surface area contributed by atoms with Gasteiger partial charge in [-0.3, -0.25) is 0 Å². The number of benzene rings is 1. The average molecular weight is 382 g/mol. The molecule has 2 rings (SSSR count). The number of hydrogen-bond acceptors (Lipinski definition) is 3. The van der Waals surface area contributed by atoms with Gasteiger partial charge in [-0.05, 0) is 18.2 Å². The van der Waals surface area contributed by atoms with Crippen molar-refractivity contribution < 1.29 is 4.74 Å². The number of rotatable bonds is 3. The van der Waals surface area contributed by atoms with Gasteiger partial charge >= 0.3 is 0 Å². The van der Waals surface area contributed by atoms with Crippen LogP contribution in [0.25, 0.3) is 0 Å². The Morgan fingerprint density at radius 2 is 1.84 bits per heavy atom. The summed E-state index contributed by atoms with van der Waals surface area (Å²) in [7, 11) is 1.59. The van der Waals surface area contributed by atoms with Crippen LogP contribution in [0.4, 0.5) is 11.5 Å². The number of anilines is 2. The van der Waals surface area contributed by atoms with Gasteiger partial charge in [-0.2, -0.15) is 0 Å². The number of ether oxygens (including phenoxy) is 1. The van der Waals surface area contributed by atoms with Gasteiger partial charge in [0.25, 0.3) is 0 Å². The first-order valence-corrected chi connectivity index (χ1v) is 7.05. The Kier molecular flexibility index (Phi) is 4.79. The lowest BCUT2D eigenvalue weighted by Crippen LogP contribution is -1.96. The molecule has 1 aromatic carbocycles. The van der Waals surface area contributed by atoms with Crippen LogP contribution in [0.1, 0.15) is 0 Å². The van der Waals surface area contributed by atoms with Crippen LogP contribution in [-0.2, 0) is 0 Å². The molecule has 19 heavy (non-hydrogen) atoms. The first kappa shape index (κ1) is 14.7. The maximum absolute atomic E-state index is 6.05. The summed E-state index contributed by atoms with van der Waals surface area (Å²) in [5, 5.41) is 3.94. The summed E-state index contributed by atoms with van der Waals surface area (Å²) < 4.78 is 6.04. The lowest BCUT2D eigenvalue weighted by atomic mass is 10.3. The molecule has 0 aliphatic heterocycles. The average Bonchev–Trinajstić information content (AvgIpc) is 2.35. The molecule has 1 N–H and O–H groups in total. The van der Waals surface area contributed by atoms with E-state index in [0.29, 0.717) is 21.6 Å². The molecule has 0 bridgehead atoms. The summed E-state index contributed by atoms with van der Waals surface area (Å²) in [6.45, 7) is 0. The van der Waals surface area contributed by atoms with Crippen molar-refractivity contribution in [3.8, 4) is 5.75 Å². The van der Waals surface area contributed by atoms with Crippen LogP contribution in [0.5, 0.6) is 5.75 Å². The van der Waals surface area contributed by atoms with Gasteiger partial charge in [0.1, 0.15) is 10.9 Å². The highest BCUT2D eigenvalue weighted by atomic mass is 79.9. The molecule has 0 saturated carbocycles. The fourth-order valence-electron chi connectivity index (χ4n) is 1.42. The summed E-state index contributed by atoms with van der Waals surface area (Å²) in [4.78, 5) is 4.09. The quantitative estimate of drug-likeness (QED) is 0.706. The fourth-order valence-corrected chi connectivity index (χ4v) is 2.44. The van der Waals surface area contributed by atoms with Crippen LogP contribution < -0.4 is 10.1 Å². The molecule has 3 nitrogen and oxygen atoms in total. The zero-order chi connectivity index (χ0) is 14.0. The number of halogens is 4. The smallest absolute Gasteiger partial charge is 0.151 e. The topological polar surface area (TPSA) is 34.1 Å². The van der Waals surface area contributed by atoms with Gasteiger partial charge in [0, 0.05) is 16.2 Å². The minimum absolute atomic E-state index is 0.190. The summed E-state index contributed by atoms with van der Waals surface area (Å²) in [6, 6.07) is 7.05. The molecule has 0 fully saturated rings.